The van der Waals surface area contributed by atoms with Gasteiger partial charge in [0.25, 0.3) is 0 Å². The third-order valence-corrected chi connectivity index (χ3v) is 5.72. The van der Waals surface area contributed by atoms with Crippen molar-refractivity contribution in [1.29, 1.82) is 0 Å². The summed E-state index contributed by atoms with van der Waals surface area (Å²) < 4.78 is 0. The smallest absolute Gasteiger partial charge is 0.225 e. The van der Waals surface area contributed by atoms with E-state index in [1.165, 1.54) is 0 Å². The Kier molecular flexibility index (Phi) is 4.70. The predicted octanol–water partition coefficient (Wildman–Crippen LogP) is 3.64. The largest absolute Gasteiger partial charge is 0.341 e. The number of nitrogens with zero attached hydrogens (tertiary/aromatic N) is 2. The number of hydrogen-bond acceptors (Lipinski definition) is 2. The molecular weight excluding hydrogens is 272 g/mol. The average molecular weight is 309 g/mol. The van der Waals surface area contributed by atoms with Gasteiger partial charge in [0, 0.05) is 32.1 Å². The molecule has 0 aromatic carbocycles. The van der Waals surface area contributed by atoms with E-state index in [0.29, 0.717) is 17.2 Å². The second-order valence-electron chi connectivity index (χ2n) is 9.78. The van der Waals surface area contributed by atoms with Gasteiger partial charge in [-0.2, -0.15) is 0 Å². The van der Waals surface area contributed by atoms with Crippen LogP contribution in [0.1, 0.15) is 61.3 Å². The fourth-order valence-electron chi connectivity index (χ4n) is 3.63. The van der Waals surface area contributed by atoms with E-state index in [0.717, 1.165) is 45.6 Å². The van der Waals surface area contributed by atoms with Crippen LogP contribution in [0.25, 0.3) is 0 Å². The first-order chi connectivity index (χ1) is 9.97. The highest BCUT2D eigenvalue weighted by atomic mass is 16.2. The molecule has 0 radical (unpaired) electrons. The van der Waals surface area contributed by atoms with Crippen LogP contribution in [0.3, 0.4) is 0 Å². The first-order valence-electron chi connectivity index (χ1n) is 8.99. The Bertz CT molecular complexity index is 412. The minimum Gasteiger partial charge on any atom is -0.341 e. The molecule has 3 nitrogen and oxygen atoms in total. The molecule has 1 heterocycles. The van der Waals surface area contributed by atoms with Gasteiger partial charge in [-0.15, -0.1) is 0 Å². The lowest BCUT2D eigenvalue weighted by molar-refractivity contribution is -0.140. The van der Waals surface area contributed by atoms with Crippen LogP contribution in [0.5, 0.6) is 0 Å². The third-order valence-electron chi connectivity index (χ3n) is 5.72. The first-order valence-corrected chi connectivity index (χ1v) is 8.99. The highest BCUT2D eigenvalue weighted by Crippen LogP contribution is 2.47. The van der Waals surface area contributed by atoms with Crippen LogP contribution in [0.15, 0.2) is 0 Å². The van der Waals surface area contributed by atoms with Crippen LogP contribution in [0, 0.1) is 22.2 Å². The molecule has 3 heteroatoms. The maximum Gasteiger partial charge on any atom is 0.225 e. The summed E-state index contributed by atoms with van der Waals surface area (Å²) in [7, 11) is 0. The Morgan fingerprint density at radius 1 is 1.14 bits per heavy atom. The van der Waals surface area contributed by atoms with Gasteiger partial charge in [-0.05, 0) is 35.6 Å². The number of rotatable bonds is 6. The molecule has 0 spiro atoms. The van der Waals surface area contributed by atoms with Crippen LogP contribution in [-0.4, -0.2) is 48.4 Å². The normalized spacial score (nSPS) is 22.3. The zero-order valence-electron chi connectivity index (χ0n) is 15.8. The van der Waals surface area contributed by atoms with Gasteiger partial charge in [0.05, 0.1) is 0 Å². The van der Waals surface area contributed by atoms with Gasteiger partial charge in [-0.3, -0.25) is 4.79 Å². The third kappa shape index (κ3) is 3.84. The number of hydrogen-bond donors (Lipinski definition) is 0. The summed E-state index contributed by atoms with van der Waals surface area (Å²) in [6, 6.07) is 0. The minimum atomic E-state index is 0.161. The monoisotopic (exact) mass is 308 g/mol. The predicted molar refractivity (Wildman–Crippen MR) is 92.8 cm³/mol. The summed E-state index contributed by atoms with van der Waals surface area (Å²) in [5.41, 5.74) is 0.647. The Labute approximate surface area is 137 Å². The molecule has 2 rings (SSSR count). The topological polar surface area (TPSA) is 23.6 Å². The van der Waals surface area contributed by atoms with Crippen molar-refractivity contribution >= 4 is 5.91 Å². The molecule has 22 heavy (non-hydrogen) atoms. The second kappa shape index (κ2) is 5.81. The van der Waals surface area contributed by atoms with Gasteiger partial charge >= 0.3 is 0 Å². The van der Waals surface area contributed by atoms with Gasteiger partial charge in [-0.25, -0.2) is 0 Å². The van der Waals surface area contributed by atoms with E-state index in [-0.39, 0.29) is 10.8 Å². The molecule has 128 valence electrons. The number of carbonyl (C=O) groups is 1. The zero-order chi connectivity index (χ0) is 16.8. The minimum absolute atomic E-state index is 0.161. The highest BCUT2D eigenvalue weighted by Gasteiger charge is 2.50. The molecule has 1 aliphatic carbocycles. The lowest BCUT2D eigenvalue weighted by Gasteiger charge is -2.57. The van der Waals surface area contributed by atoms with E-state index in [4.69, 9.17) is 0 Å². The first kappa shape index (κ1) is 17.8. The molecule has 0 N–H and O–H groups in total. The van der Waals surface area contributed by atoms with Crippen molar-refractivity contribution < 1.29 is 4.79 Å². The number of amides is 1. The molecule has 0 bridgehead atoms. The molecule has 0 aromatic rings. The van der Waals surface area contributed by atoms with Crippen molar-refractivity contribution in [2.24, 2.45) is 22.2 Å². The summed E-state index contributed by atoms with van der Waals surface area (Å²) in [4.78, 5) is 17.4. The molecule has 2 aliphatic rings. The SMILES string of the molecule is CCN1CC(C)(C(C)(C)CN(CC(C)(C)C)C(=O)C2CC2)C1. The molecule has 0 aromatic heterocycles. The van der Waals surface area contributed by atoms with E-state index < -0.39 is 0 Å². The number of likely N-dealkylation sites (tertiary alicyclic amines) is 1. The number of carbonyl (C=O) groups excluding carboxylic acids is 1. The van der Waals surface area contributed by atoms with Crippen LogP contribution in [0.2, 0.25) is 0 Å². The summed E-state index contributed by atoms with van der Waals surface area (Å²) in [5, 5.41) is 0. The summed E-state index contributed by atoms with van der Waals surface area (Å²) in [6.07, 6.45) is 2.20. The quantitative estimate of drug-likeness (QED) is 0.748. The van der Waals surface area contributed by atoms with Gasteiger partial charge < -0.3 is 9.80 Å². The Hall–Kier alpha value is -0.570. The van der Waals surface area contributed by atoms with Crippen LogP contribution in [0.4, 0.5) is 0 Å². The van der Waals surface area contributed by atoms with E-state index in [9.17, 15) is 4.79 Å². The van der Waals surface area contributed by atoms with Crippen molar-refractivity contribution in [3.05, 3.63) is 0 Å². The van der Waals surface area contributed by atoms with Gasteiger partial charge in [-0.1, -0.05) is 48.5 Å². The second-order valence-corrected chi connectivity index (χ2v) is 9.78. The van der Waals surface area contributed by atoms with E-state index in [1.54, 1.807) is 0 Å². The lowest BCUT2D eigenvalue weighted by Crippen LogP contribution is -2.63. The van der Waals surface area contributed by atoms with Crippen molar-refractivity contribution in [2.45, 2.75) is 61.3 Å². The summed E-state index contributed by atoms with van der Waals surface area (Å²) >= 11 is 0. The molecule has 1 aliphatic heterocycles. The molecular formula is C19H36N2O. The lowest BCUT2D eigenvalue weighted by atomic mass is 9.61. The maximum absolute atomic E-state index is 12.7. The highest BCUT2D eigenvalue weighted by molar-refractivity contribution is 5.81. The van der Waals surface area contributed by atoms with Gasteiger partial charge in [0.15, 0.2) is 0 Å². The molecule has 2 fully saturated rings. The molecule has 1 saturated carbocycles. The molecule has 0 unspecified atom stereocenters. The Morgan fingerprint density at radius 3 is 2.09 bits per heavy atom. The molecule has 0 atom stereocenters. The van der Waals surface area contributed by atoms with Crippen LogP contribution >= 0.6 is 0 Å². The van der Waals surface area contributed by atoms with Crippen LogP contribution in [-0.2, 0) is 4.79 Å². The molecule has 1 amide bonds. The standard InChI is InChI=1S/C19H36N2O/c1-8-20-13-19(7,14-20)18(5,6)12-21(11-17(2,3)4)16(22)15-9-10-15/h15H,8-14H2,1-7H3. The maximum atomic E-state index is 12.7. The van der Waals surface area contributed by atoms with Gasteiger partial charge in [0.2, 0.25) is 5.91 Å². The van der Waals surface area contributed by atoms with Crippen molar-refractivity contribution in [3.8, 4) is 0 Å². The summed E-state index contributed by atoms with van der Waals surface area (Å²) in [6.45, 7) is 21.3. The van der Waals surface area contributed by atoms with Crippen molar-refractivity contribution in [3.63, 3.8) is 0 Å². The fraction of sp³-hybridized carbons (Fsp3) is 0.947. The summed E-state index contributed by atoms with van der Waals surface area (Å²) in [5.74, 6) is 0.720. The zero-order valence-corrected chi connectivity index (χ0v) is 15.8. The molecule has 1 saturated heterocycles. The van der Waals surface area contributed by atoms with E-state index in [1.807, 2.05) is 0 Å². The fourth-order valence-corrected chi connectivity index (χ4v) is 3.63. The van der Waals surface area contributed by atoms with Crippen LogP contribution < -0.4 is 0 Å². The average Bonchev–Trinajstić information content (AvgIpc) is 3.14. The van der Waals surface area contributed by atoms with Crippen molar-refractivity contribution in [2.75, 3.05) is 32.7 Å². The van der Waals surface area contributed by atoms with E-state index >= 15 is 0 Å². The van der Waals surface area contributed by atoms with Gasteiger partial charge in [0.1, 0.15) is 0 Å². The Balaban J connectivity index is 2.06. The van der Waals surface area contributed by atoms with Crippen molar-refractivity contribution in [1.82, 2.24) is 9.80 Å². The Morgan fingerprint density at radius 2 is 1.68 bits per heavy atom. The van der Waals surface area contributed by atoms with E-state index in [2.05, 4.69) is 58.3 Å².